The molecule has 0 unspecified atom stereocenters. The zero-order chi connectivity index (χ0) is 11.2. The number of hydrogen-bond donors (Lipinski definition) is 1. The first-order chi connectivity index (χ1) is 7.90. The summed E-state index contributed by atoms with van der Waals surface area (Å²) in [5.74, 6) is 0. The molecule has 0 radical (unpaired) electrons. The quantitative estimate of drug-likeness (QED) is 0.820. The summed E-state index contributed by atoms with van der Waals surface area (Å²) >= 11 is 0. The van der Waals surface area contributed by atoms with Gasteiger partial charge in [-0.2, -0.15) is 0 Å². The Morgan fingerprint density at radius 1 is 1.19 bits per heavy atom. The van der Waals surface area contributed by atoms with E-state index in [0.29, 0.717) is 0 Å². The number of nitrogens with zero attached hydrogens (tertiary/aromatic N) is 3. The Balaban J connectivity index is 2.07. The highest BCUT2D eigenvalue weighted by Crippen LogP contribution is 2.07. The van der Waals surface area contributed by atoms with Gasteiger partial charge in [0.05, 0.1) is 6.33 Å². The summed E-state index contributed by atoms with van der Waals surface area (Å²) in [6, 6.07) is 3.99. The van der Waals surface area contributed by atoms with Crippen molar-refractivity contribution in [2.45, 2.75) is 19.4 Å². The van der Waals surface area contributed by atoms with Gasteiger partial charge in [-0.15, -0.1) is 0 Å². The second-order valence-corrected chi connectivity index (χ2v) is 3.70. The molecular formula is C12H15N3O. The van der Waals surface area contributed by atoms with E-state index in [-0.39, 0.29) is 6.61 Å². The van der Waals surface area contributed by atoms with Crippen LogP contribution in [0, 0.1) is 0 Å². The summed E-state index contributed by atoms with van der Waals surface area (Å²) in [7, 11) is 0. The number of pyridine rings is 1. The van der Waals surface area contributed by atoms with E-state index in [4.69, 9.17) is 5.11 Å². The number of hydrogen-bond acceptors (Lipinski definition) is 3. The Morgan fingerprint density at radius 3 is 2.75 bits per heavy atom. The molecular weight excluding hydrogens is 202 g/mol. The Labute approximate surface area is 94.6 Å². The third kappa shape index (κ3) is 2.67. The number of imidazole rings is 1. The Bertz CT molecular complexity index is 425. The lowest BCUT2D eigenvalue weighted by atomic mass is 10.2. The molecule has 2 heterocycles. The first-order valence-corrected chi connectivity index (χ1v) is 5.39. The average Bonchev–Trinajstić information content (AvgIpc) is 2.75. The molecule has 2 rings (SSSR count). The van der Waals surface area contributed by atoms with Gasteiger partial charge in [0.25, 0.3) is 0 Å². The summed E-state index contributed by atoms with van der Waals surface area (Å²) in [4.78, 5) is 8.13. The lowest BCUT2D eigenvalue weighted by Gasteiger charge is -2.07. The smallest absolute Gasteiger partial charge is 0.0951 e. The molecule has 0 spiro atoms. The lowest BCUT2D eigenvalue weighted by molar-refractivity contribution is 0.287. The highest BCUT2D eigenvalue weighted by Gasteiger charge is 2.02. The largest absolute Gasteiger partial charge is 0.396 e. The van der Waals surface area contributed by atoms with Crippen LogP contribution in [0.5, 0.6) is 0 Å². The first-order valence-electron chi connectivity index (χ1n) is 5.39. The average molecular weight is 217 g/mol. The van der Waals surface area contributed by atoms with Gasteiger partial charge in [0.2, 0.25) is 0 Å². The molecule has 2 aromatic heterocycles. The van der Waals surface area contributed by atoms with Crippen LogP contribution < -0.4 is 0 Å². The molecule has 0 bridgehead atoms. The van der Waals surface area contributed by atoms with Crippen molar-refractivity contribution in [2.75, 3.05) is 6.61 Å². The first kappa shape index (κ1) is 10.8. The lowest BCUT2D eigenvalue weighted by Crippen LogP contribution is -2.04. The van der Waals surface area contributed by atoms with Crippen molar-refractivity contribution in [3.05, 3.63) is 48.3 Å². The third-order valence-corrected chi connectivity index (χ3v) is 2.49. The Hall–Kier alpha value is -1.68. The second-order valence-electron chi connectivity index (χ2n) is 3.70. The van der Waals surface area contributed by atoms with Crippen LogP contribution in [0.15, 0.2) is 37.1 Å². The van der Waals surface area contributed by atoms with Crippen LogP contribution in [0.3, 0.4) is 0 Å². The van der Waals surface area contributed by atoms with E-state index in [0.717, 1.165) is 25.1 Å². The van der Waals surface area contributed by atoms with Crippen molar-refractivity contribution in [1.82, 2.24) is 14.5 Å². The molecule has 84 valence electrons. The molecule has 1 N–H and O–H groups in total. The van der Waals surface area contributed by atoms with Crippen LogP contribution in [-0.4, -0.2) is 26.2 Å². The van der Waals surface area contributed by atoms with Gasteiger partial charge in [-0.3, -0.25) is 4.98 Å². The van der Waals surface area contributed by atoms with E-state index in [2.05, 4.69) is 14.5 Å². The predicted octanol–water partition coefficient (Wildman–Crippen LogP) is 1.25. The van der Waals surface area contributed by atoms with Crippen LogP contribution in [-0.2, 0) is 13.0 Å². The van der Waals surface area contributed by atoms with Crippen molar-refractivity contribution in [2.24, 2.45) is 0 Å². The maximum Gasteiger partial charge on any atom is 0.0951 e. The number of aryl methyl sites for hydroxylation is 1. The second kappa shape index (κ2) is 5.42. The van der Waals surface area contributed by atoms with Crippen molar-refractivity contribution in [1.29, 1.82) is 0 Å². The topological polar surface area (TPSA) is 50.9 Å². The van der Waals surface area contributed by atoms with Crippen LogP contribution >= 0.6 is 0 Å². The number of rotatable bonds is 5. The van der Waals surface area contributed by atoms with Crippen LogP contribution in [0.4, 0.5) is 0 Å². The zero-order valence-corrected chi connectivity index (χ0v) is 9.08. The number of aliphatic hydroxyl groups is 1. The van der Waals surface area contributed by atoms with E-state index < -0.39 is 0 Å². The molecule has 2 aromatic rings. The molecule has 0 fully saturated rings. The summed E-state index contributed by atoms with van der Waals surface area (Å²) in [5, 5.41) is 8.81. The third-order valence-electron chi connectivity index (χ3n) is 2.49. The molecule has 4 nitrogen and oxygen atoms in total. The molecule has 4 heteroatoms. The van der Waals surface area contributed by atoms with E-state index in [1.54, 1.807) is 12.4 Å². The highest BCUT2D eigenvalue weighted by molar-refractivity contribution is 5.12. The van der Waals surface area contributed by atoms with Crippen molar-refractivity contribution in [3.63, 3.8) is 0 Å². The van der Waals surface area contributed by atoms with Gasteiger partial charge >= 0.3 is 0 Å². The monoisotopic (exact) mass is 217 g/mol. The minimum atomic E-state index is 0.223. The molecule has 0 saturated carbocycles. The Morgan fingerprint density at radius 2 is 2.00 bits per heavy atom. The summed E-state index contributed by atoms with van der Waals surface area (Å²) in [6.45, 7) is 1.03. The van der Waals surface area contributed by atoms with E-state index in [1.165, 1.54) is 5.56 Å². The van der Waals surface area contributed by atoms with Gasteiger partial charge in [-0.25, -0.2) is 4.98 Å². The fourth-order valence-corrected chi connectivity index (χ4v) is 1.64. The van der Waals surface area contributed by atoms with Crippen molar-refractivity contribution < 1.29 is 5.11 Å². The van der Waals surface area contributed by atoms with Crippen molar-refractivity contribution in [3.8, 4) is 0 Å². The maximum absolute atomic E-state index is 8.81. The number of aromatic nitrogens is 3. The molecule has 0 aliphatic heterocycles. The number of aliphatic hydroxyl groups excluding tert-OH is 1. The molecule has 0 aliphatic carbocycles. The fraction of sp³-hybridized carbons (Fsp3) is 0.333. The van der Waals surface area contributed by atoms with Crippen molar-refractivity contribution >= 4 is 0 Å². The summed E-state index contributed by atoms with van der Waals surface area (Å²) in [5.41, 5.74) is 2.36. The van der Waals surface area contributed by atoms with Crippen LogP contribution in [0.2, 0.25) is 0 Å². The molecule has 16 heavy (non-hydrogen) atoms. The SMILES string of the molecule is OCCCc1cncn1Cc1ccncc1. The highest BCUT2D eigenvalue weighted by atomic mass is 16.2. The van der Waals surface area contributed by atoms with Gasteiger partial charge in [-0.1, -0.05) is 0 Å². The molecule has 0 saturated heterocycles. The molecule has 0 aromatic carbocycles. The molecule has 0 aliphatic rings. The van der Waals surface area contributed by atoms with Gasteiger partial charge in [-0.05, 0) is 30.5 Å². The molecule has 0 amide bonds. The van der Waals surface area contributed by atoms with Gasteiger partial charge in [0, 0.05) is 37.4 Å². The standard InChI is InChI=1S/C12H15N3O/c16-7-1-2-12-8-14-10-15(12)9-11-3-5-13-6-4-11/h3-6,8,10,16H,1-2,7,9H2. The summed E-state index contributed by atoms with van der Waals surface area (Å²) in [6.07, 6.45) is 8.91. The predicted molar refractivity (Wildman–Crippen MR) is 61.0 cm³/mol. The maximum atomic E-state index is 8.81. The van der Waals surface area contributed by atoms with E-state index in [1.807, 2.05) is 24.7 Å². The minimum absolute atomic E-state index is 0.223. The minimum Gasteiger partial charge on any atom is -0.396 e. The van der Waals surface area contributed by atoms with Crippen LogP contribution in [0.1, 0.15) is 17.7 Å². The van der Waals surface area contributed by atoms with Gasteiger partial charge < -0.3 is 9.67 Å². The normalized spacial score (nSPS) is 10.6. The van der Waals surface area contributed by atoms with Gasteiger partial charge in [0.15, 0.2) is 0 Å². The summed E-state index contributed by atoms with van der Waals surface area (Å²) < 4.78 is 2.10. The van der Waals surface area contributed by atoms with E-state index in [9.17, 15) is 0 Å². The van der Waals surface area contributed by atoms with E-state index >= 15 is 0 Å². The van der Waals surface area contributed by atoms with Gasteiger partial charge in [0.1, 0.15) is 0 Å². The zero-order valence-electron chi connectivity index (χ0n) is 9.08. The Kier molecular flexibility index (Phi) is 3.66. The fourth-order valence-electron chi connectivity index (χ4n) is 1.64. The molecule has 0 atom stereocenters. The van der Waals surface area contributed by atoms with Crippen LogP contribution in [0.25, 0.3) is 0 Å².